The van der Waals surface area contributed by atoms with Crippen molar-refractivity contribution in [3.63, 3.8) is 0 Å². The summed E-state index contributed by atoms with van der Waals surface area (Å²) < 4.78 is 17.4. The summed E-state index contributed by atoms with van der Waals surface area (Å²) in [6, 6.07) is 9.55. The summed E-state index contributed by atoms with van der Waals surface area (Å²) in [5.41, 5.74) is 2.42. The second-order valence-corrected chi connectivity index (χ2v) is 10.3. The Bertz CT molecular complexity index is 1180. The van der Waals surface area contributed by atoms with E-state index in [4.69, 9.17) is 25.8 Å². The van der Waals surface area contributed by atoms with Gasteiger partial charge in [0.15, 0.2) is 0 Å². The molecule has 1 N–H and O–H groups in total. The number of amides is 1. The third kappa shape index (κ3) is 4.80. The summed E-state index contributed by atoms with van der Waals surface area (Å²) >= 11 is 6.15. The molecule has 8 heteroatoms. The van der Waals surface area contributed by atoms with E-state index in [0.29, 0.717) is 23.9 Å². The highest BCUT2D eigenvalue weighted by Crippen LogP contribution is 2.38. The number of benzene rings is 1. The zero-order valence-electron chi connectivity index (χ0n) is 19.9. The molecular weight excluding hydrogens is 442 g/mol. The van der Waals surface area contributed by atoms with Crippen LogP contribution in [0.1, 0.15) is 46.4 Å². The molecule has 1 amide bonds. The lowest BCUT2D eigenvalue weighted by Crippen LogP contribution is -2.57. The van der Waals surface area contributed by atoms with Gasteiger partial charge in [0.2, 0.25) is 0 Å². The van der Waals surface area contributed by atoms with Crippen molar-refractivity contribution in [1.82, 2.24) is 14.9 Å². The molecule has 3 heterocycles. The van der Waals surface area contributed by atoms with E-state index < -0.39 is 11.1 Å². The molecule has 0 saturated carbocycles. The Balaban J connectivity index is 1.69. The molecule has 7 nitrogen and oxygen atoms in total. The van der Waals surface area contributed by atoms with Crippen LogP contribution in [-0.2, 0) is 9.47 Å². The van der Waals surface area contributed by atoms with Crippen LogP contribution in [0.4, 0.5) is 4.79 Å². The first-order valence-corrected chi connectivity index (χ1v) is 11.3. The first kappa shape index (κ1) is 23.4. The number of halogens is 1. The molecule has 0 spiro atoms. The van der Waals surface area contributed by atoms with Crippen LogP contribution in [0.2, 0.25) is 5.02 Å². The third-order valence-electron chi connectivity index (χ3n) is 5.68. The maximum Gasteiger partial charge on any atom is 0.410 e. The lowest BCUT2D eigenvalue weighted by molar-refractivity contribution is -0.101. The maximum atomic E-state index is 12.9. The molecule has 1 aliphatic heterocycles. The van der Waals surface area contributed by atoms with Gasteiger partial charge in [-0.05, 0) is 70.5 Å². The van der Waals surface area contributed by atoms with Crippen molar-refractivity contribution >= 4 is 28.7 Å². The van der Waals surface area contributed by atoms with Crippen molar-refractivity contribution in [2.24, 2.45) is 0 Å². The molecule has 1 aliphatic rings. The fourth-order valence-corrected chi connectivity index (χ4v) is 4.18. The number of nitrogens with zero attached hydrogens (tertiary/aromatic N) is 2. The van der Waals surface area contributed by atoms with E-state index in [-0.39, 0.29) is 12.2 Å². The molecular formula is C25H30ClN3O4. The molecule has 4 rings (SSSR count). The van der Waals surface area contributed by atoms with Crippen LogP contribution in [0.3, 0.4) is 0 Å². The topological polar surface area (TPSA) is 76.7 Å². The number of pyridine rings is 1. The number of carbonyl (C=O) groups is 1. The van der Waals surface area contributed by atoms with Crippen molar-refractivity contribution < 1.29 is 19.0 Å². The van der Waals surface area contributed by atoms with Crippen LogP contribution in [0.25, 0.3) is 22.2 Å². The SMILES string of the molecule is COc1cc(Cl)ccc1-c1ccnc2[nH]c(C3CN(C(=O)OC(C)(C)C)C(C)(C)CO3)cc12. The Morgan fingerprint density at radius 1 is 1.24 bits per heavy atom. The monoisotopic (exact) mass is 471 g/mol. The van der Waals surface area contributed by atoms with Crippen LogP contribution >= 0.6 is 11.6 Å². The molecule has 1 fully saturated rings. The summed E-state index contributed by atoms with van der Waals surface area (Å²) in [7, 11) is 1.62. The smallest absolute Gasteiger partial charge is 0.410 e. The molecule has 1 atom stereocenters. The standard InChI is InChI=1S/C25H30ClN3O4/c1-24(2,3)33-23(30)29-13-21(32-14-25(29,4)5)19-12-18-16(9-10-27-22(18)28-19)17-8-7-15(26)11-20(17)31-6/h7-12,21H,13-14H2,1-6H3,(H,27,28). The number of H-pyrrole nitrogens is 1. The first-order valence-electron chi connectivity index (χ1n) is 10.9. The Labute approximate surface area is 199 Å². The Hall–Kier alpha value is -2.77. The quantitative estimate of drug-likeness (QED) is 0.508. The highest BCUT2D eigenvalue weighted by Gasteiger charge is 2.41. The fourth-order valence-electron chi connectivity index (χ4n) is 4.02. The summed E-state index contributed by atoms with van der Waals surface area (Å²) in [6.07, 6.45) is 1.07. The average molecular weight is 472 g/mol. The van der Waals surface area contributed by atoms with E-state index in [0.717, 1.165) is 27.9 Å². The number of fused-ring (bicyclic) bond motifs is 1. The Morgan fingerprint density at radius 2 is 2.00 bits per heavy atom. The van der Waals surface area contributed by atoms with Crippen LogP contribution in [0.5, 0.6) is 5.75 Å². The number of hydrogen-bond acceptors (Lipinski definition) is 5. The summed E-state index contributed by atoms with van der Waals surface area (Å²) in [4.78, 5) is 22.5. The number of methoxy groups -OCH3 is 1. The van der Waals surface area contributed by atoms with E-state index in [1.165, 1.54) is 0 Å². The van der Waals surface area contributed by atoms with Crippen molar-refractivity contribution in [2.45, 2.75) is 51.9 Å². The minimum Gasteiger partial charge on any atom is -0.496 e. The number of carbonyl (C=O) groups excluding carboxylic acids is 1. The van der Waals surface area contributed by atoms with Gasteiger partial charge in [0.05, 0.1) is 25.8 Å². The predicted octanol–water partition coefficient (Wildman–Crippen LogP) is 5.98. The number of hydrogen-bond donors (Lipinski definition) is 1. The predicted molar refractivity (Wildman–Crippen MR) is 129 cm³/mol. The molecule has 1 unspecified atom stereocenters. The average Bonchev–Trinajstić information content (AvgIpc) is 3.16. The molecule has 1 saturated heterocycles. The fraction of sp³-hybridized carbons (Fsp3) is 0.440. The van der Waals surface area contributed by atoms with Gasteiger partial charge in [-0.25, -0.2) is 9.78 Å². The second kappa shape index (κ2) is 8.54. The van der Waals surface area contributed by atoms with Gasteiger partial charge < -0.3 is 19.2 Å². The molecule has 1 aromatic carbocycles. The minimum absolute atomic E-state index is 0.334. The van der Waals surface area contributed by atoms with Crippen molar-refractivity contribution in [3.05, 3.63) is 47.2 Å². The van der Waals surface area contributed by atoms with Crippen LogP contribution in [-0.4, -0.2) is 52.4 Å². The normalized spacial score (nSPS) is 18.4. The molecule has 0 bridgehead atoms. The summed E-state index contributed by atoms with van der Waals surface area (Å²) in [5, 5.41) is 1.54. The van der Waals surface area contributed by atoms with E-state index in [1.807, 2.05) is 58.9 Å². The highest BCUT2D eigenvalue weighted by atomic mass is 35.5. The van der Waals surface area contributed by atoms with Crippen molar-refractivity contribution in [2.75, 3.05) is 20.3 Å². The molecule has 2 aromatic heterocycles. The zero-order valence-corrected chi connectivity index (χ0v) is 20.6. The lowest BCUT2D eigenvalue weighted by atomic mass is 10.00. The number of ether oxygens (including phenoxy) is 3. The number of aromatic amines is 1. The zero-order chi connectivity index (χ0) is 24.0. The summed E-state index contributed by atoms with van der Waals surface area (Å²) in [6.45, 7) is 10.3. The number of aromatic nitrogens is 2. The molecule has 0 radical (unpaired) electrons. The number of nitrogens with one attached hydrogen (secondary N) is 1. The van der Waals surface area contributed by atoms with Gasteiger partial charge in [-0.2, -0.15) is 0 Å². The summed E-state index contributed by atoms with van der Waals surface area (Å²) in [5.74, 6) is 0.685. The van der Waals surface area contributed by atoms with E-state index >= 15 is 0 Å². The van der Waals surface area contributed by atoms with Crippen molar-refractivity contribution in [3.8, 4) is 16.9 Å². The van der Waals surface area contributed by atoms with Gasteiger partial charge in [0.25, 0.3) is 0 Å². The van der Waals surface area contributed by atoms with Gasteiger partial charge in [-0.3, -0.25) is 4.90 Å². The first-order chi connectivity index (χ1) is 15.5. The Kier molecular flexibility index (Phi) is 6.05. The lowest BCUT2D eigenvalue weighted by Gasteiger charge is -2.45. The van der Waals surface area contributed by atoms with E-state index in [2.05, 4.69) is 9.97 Å². The molecule has 33 heavy (non-hydrogen) atoms. The van der Waals surface area contributed by atoms with Gasteiger partial charge in [-0.1, -0.05) is 11.6 Å². The van der Waals surface area contributed by atoms with E-state index in [9.17, 15) is 4.79 Å². The van der Waals surface area contributed by atoms with Crippen LogP contribution < -0.4 is 4.74 Å². The Morgan fingerprint density at radius 3 is 2.70 bits per heavy atom. The van der Waals surface area contributed by atoms with Gasteiger partial charge >= 0.3 is 6.09 Å². The van der Waals surface area contributed by atoms with Crippen LogP contribution in [0, 0.1) is 0 Å². The maximum absolute atomic E-state index is 12.9. The third-order valence-corrected chi connectivity index (χ3v) is 5.92. The number of morpholine rings is 1. The highest BCUT2D eigenvalue weighted by molar-refractivity contribution is 6.30. The minimum atomic E-state index is -0.571. The van der Waals surface area contributed by atoms with Gasteiger partial charge in [-0.15, -0.1) is 0 Å². The molecule has 176 valence electrons. The van der Waals surface area contributed by atoms with Crippen LogP contribution in [0.15, 0.2) is 36.5 Å². The number of rotatable bonds is 3. The van der Waals surface area contributed by atoms with Gasteiger partial charge in [0, 0.05) is 27.9 Å². The van der Waals surface area contributed by atoms with Crippen molar-refractivity contribution in [1.29, 1.82) is 0 Å². The van der Waals surface area contributed by atoms with Gasteiger partial charge in [0.1, 0.15) is 23.1 Å². The molecule has 3 aromatic rings. The molecule has 0 aliphatic carbocycles. The second-order valence-electron chi connectivity index (χ2n) is 9.89. The largest absolute Gasteiger partial charge is 0.496 e. The van der Waals surface area contributed by atoms with E-state index in [1.54, 1.807) is 24.3 Å².